The Kier molecular flexibility index (Phi) is 2.65. The topological polar surface area (TPSA) is 17.1 Å². The summed E-state index contributed by atoms with van der Waals surface area (Å²) in [7, 11) is 0. The lowest BCUT2D eigenvalue weighted by molar-refractivity contribution is -0.110. The van der Waals surface area contributed by atoms with Gasteiger partial charge in [0.25, 0.3) is 0 Å². The summed E-state index contributed by atoms with van der Waals surface area (Å²) in [6, 6.07) is 0. The fourth-order valence-corrected chi connectivity index (χ4v) is 2.69. The molecule has 0 aromatic heterocycles. The third-order valence-corrected chi connectivity index (χ3v) is 4.19. The van der Waals surface area contributed by atoms with Crippen molar-refractivity contribution < 1.29 is 4.79 Å². The maximum absolute atomic E-state index is 11.5. The van der Waals surface area contributed by atoms with Gasteiger partial charge >= 0.3 is 0 Å². The molecular weight excluding hydrogens is 196 g/mol. The predicted molar refractivity (Wildman–Crippen MR) is 67.0 cm³/mol. The van der Waals surface area contributed by atoms with Gasteiger partial charge in [-0.3, -0.25) is 4.79 Å². The van der Waals surface area contributed by atoms with Gasteiger partial charge in [-0.25, -0.2) is 0 Å². The van der Waals surface area contributed by atoms with Gasteiger partial charge in [0.15, 0.2) is 5.78 Å². The Balaban J connectivity index is 2.41. The van der Waals surface area contributed by atoms with Crippen LogP contribution in [-0.4, -0.2) is 5.78 Å². The van der Waals surface area contributed by atoms with Crippen LogP contribution >= 0.6 is 0 Å². The lowest BCUT2D eigenvalue weighted by atomic mass is 9.63. The molecule has 0 aromatic carbocycles. The number of hydrogen-bond donors (Lipinski definition) is 0. The second kappa shape index (κ2) is 3.73. The molecule has 2 aliphatic rings. The first-order valence-corrected chi connectivity index (χ1v) is 6.06. The third kappa shape index (κ3) is 1.68. The molecule has 2 atom stereocenters. The molecule has 0 saturated heterocycles. The van der Waals surface area contributed by atoms with Gasteiger partial charge in [0, 0.05) is 5.41 Å². The number of hydrogen-bond acceptors (Lipinski definition) is 1. The molecule has 0 unspecified atom stereocenters. The highest BCUT2D eigenvalue weighted by Crippen LogP contribution is 2.48. The molecule has 0 bridgehead atoms. The van der Waals surface area contributed by atoms with Crippen LogP contribution in [0.25, 0.3) is 0 Å². The number of allylic oxidation sites excluding steroid dienone is 6. The molecule has 0 fully saturated rings. The molecule has 0 spiro atoms. The van der Waals surface area contributed by atoms with E-state index in [2.05, 4.69) is 39.8 Å². The highest BCUT2D eigenvalue weighted by molar-refractivity contribution is 6.02. The average molecular weight is 216 g/mol. The zero-order valence-corrected chi connectivity index (χ0v) is 10.6. The predicted octanol–water partition coefficient (Wildman–Crippen LogP) is 3.68. The average Bonchev–Trinajstić information content (AvgIpc) is 2.19. The Hall–Kier alpha value is -1.11. The number of carbonyl (C=O) groups is 1. The van der Waals surface area contributed by atoms with Crippen LogP contribution in [0, 0.1) is 17.3 Å². The molecule has 16 heavy (non-hydrogen) atoms. The highest BCUT2D eigenvalue weighted by atomic mass is 16.1. The lowest BCUT2D eigenvalue weighted by Crippen LogP contribution is -2.31. The molecule has 0 saturated carbocycles. The standard InChI is InChI=1S/C15H20O/c1-10(2)12-5-6-13-8-14(16)7-11(3)15(13,4)9-12/h5-8,10,12H,9H2,1-4H3/t12-,15+/m1/s1. The molecule has 0 amide bonds. The van der Waals surface area contributed by atoms with Crippen LogP contribution in [0.1, 0.15) is 34.1 Å². The van der Waals surface area contributed by atoms with E-state index in [1.807, 2.05) is 0 Å². The molecule has 2 aliphatic carbocycles. The van der Waals surface area contributed by atoms with Crippen LogP contribution in [0.15, 0.2) is 35.5 Å². The molecule has 0 aliphatic heterocycles. The van der Waals surface area contributed by atoms with E-state index in [-0.39, 0.29) is 11.2 Å². The van der Waals surface area contributed by atoms with Crippen LogP contribution < -0.4 is 0 Å². The first-order chi connectivity index (χ1) is 7.43. The van der Waals surface area contributed by atoms with E-state index < -0.39 is 0 Å². The SMILES string of the molecule is CC1=CC(=O)C=C2C=C[C@@H](C(C)C)C[C@@]12C. The van der Waals surface area contributed by atoms with Crippen molar-refractivity contribution in [2.75, 3.05) is 0 Å². The van der Waals surface area contributed by atoms with E-state index in [4.69, 9.17) is 0 Å². The van der Waals surface area contributed by atoms with E-state index in [0.29, 0.717) is 11.8 Å². The second-order valence-electron chi connectivity index (χ2n) is 5.63. The molecule has 0 aromatic rings. The minimum Gasteiger partial charge on any atom is -0.290 e. The summed E-state index contributed by atoms with van der Waals surface area (Å²) in [6.45, 7) is 8.87. The maximum atomic E-state index is 11.5. The molecule has 0 N–H and O–H groups in total. The van der Waals surface area contributed by atoms with Gasteiger partial charge in [-0.2, -0.15) is 0 Å². The number of carbonyl (C=O) groups excluding carboxylic acids is 1. The number of fused-ring (bicyclic) bond motifs is 1. The van der Waals surface area contributed by atoms with Gasteiger partial charge in [0.2, 0.25) is 0 Å². The lowest BCUT2D eigenvalue weighted by Gasteiger charge is -2.41. The van der Waals surface area contributed by atoms with Gasteiger partial charge < -0.3 is 0 Å². The Morgan fingerprint density at radius 2 is 2.06 bits per heavy atom. The summed E-state index contributed by atoms with van der Waals surface area (Å²) in [5, 5.41) is 0. The van der Waals surface area contributed by atoms with Crippen molar-refractivity contribution in [1.29, 1.82) is 0 Å². The third-order valence-electron chi connectivity index (χ3n) is 4.19. The fourth-order valence-electron chi connectivity index (χ4n) is 2.69. The van der Waals surface area contributed by atoms with E-state index in [1.54, 1.807) is 12.2 Å². The van der Waals surface area contributed by atoms with Crippen molar-refractivity contribution in [1.82, 2.24) is 0 Å². The van der Waals surface area contributed by atoms with Crippen molar-refractivity contribution in [3.8, 4) is 0 Å². The van der Waals surface area contributed by atoms with E-state index >= 15 is 0 Å². The van der Waals surface area contributed by atoms with Gasteiger partial charge in [0.1, 0.15) is 0 Å². The number of rotatable bonds is 1. The van der Waals surface area contributed by atoms with Crippen molar-refractivity contribution in [3.63, 3.8) is 0 Å². The van der Waals surface area contributed by atoms with Crippen LogP contribution in [0.3, 0.4) is 0 Å². The Bertz CT molecular complexity index is 409. The quantitative estimate of drug-likeness (QED) is 0.653. The molecule has 2 rings (SSSR count). The summed E-state index contributed by atoms with van der Waals surface area (Å²) in [4.78, 5) is 11.5. The zero-order chi connectivity index (χ0) is 11.9. The van der Waals surface area contributed by atoms with Crippen LogP contribution in [0.4, 0.5) is 0 Å². The smallest absolute Gasteiger partial charge is 0.178 e. The Labute approximate surface area is 97.9 Å². The van der Waals surface area contributed by atoms with E-state index in [0.717, 1.165) is 6.42 Å². The maximum Gasteiger partial charge on any atom is 0.178 e. The van der Waals surface area contributed by atoms with Crippen LogP contribution in [0.2, 0.25) is 0 Å². The van der Waals surface area contributed by atoms with Crippen molar-refractivity contribution >= 4 is 5.78 Å². The Morgan fingerprint density at radius 3 is 2.69 bits per heavy atom. The summed E-state index contributed by atoms with van der Waals surface area (Å²) < 4.78 is 0. The molecule has 0 radical (unpaired) electrons. The zero-order valence-electron chi connectivity index (χ0n) is 10.6. The van der Waals surface area contributed by atoms with Gasteiger partial charge in [-0.15, -0.1) is 0 Å². The fraction of sp³-hybridized carbons (Fsp3) is 0.533. The second-order valence-corrected chi connectivity index (χ2v) is 5.63. The monoisotopic (exact) mass is 216 g/mol. The molecule has 1 heteroatoms. The van der Waals surface area contributed by atoms with Crippen molar-refractivity contribution in [3.05, 3.63) is 35.5 Å². The summed E-state index contributed by atoms with van der Waals surface area (Å²) in [5.41, 5.74) is 2.48. The number of ketones is 1. The van der Waals surface area contributed by atoms with Gasteiger partial charge in [-0.1, -0.05) is 38.5 Å². The van der Waals surface area contributed by atoms with Crippen LogP contribution in [-0.2, 0) is 4.79 Å². The summed E-state index contributed by atoms with van der Waals surface area (Å²) in [5.74, 6) is 1.43. The molecule has 0 heterocycles. The largest absolute Gasteiger partial charge is 0.290 e. The van der Waals surface area contributed by atoms with Crippen molar-refractivity contribution in [2.45, 2.75) is 34.1 Å². The van der Waals surface area contributed by atoms with E-state index in [9.17, 15) is 4.79 Å². The molecule has 86 valence electrons. The minimum atomic E-state index is 0.0809. The first kappa shape index (κ1) is 11.4. The highest BCUT2D eigenvalue weighted by Gasteiger charge is 2.37. The first-order valence-electron chi connectivity index (χ1n) is 6.06. The summed E-state index contributed by atoms with van der Waals surface area (Å²) >= 11 is 0. The van der Waals surface area contributed by atoms with Crippen LogP contribution in [0.5, 0.6) is 0 Å². The van der Waals surface area contributed by atoms with Gasteiger partial charge in [-0.05, 0) is 42.9 Å². The van der Waals surface area contributed by atoms with Gasteiger partial charge in [0.05, 0.1) is 0 Å². The Morgan fingerprint density at radius 1 is 1.38 bits per heavy atom. The minimum absolute atomic E-state index is 0.0809. The molecule has 1 nitrogen and oxygen atoms in total. The molecular formula is C15H20O. The van der Waals surface area contributed by atoms with E-state index in [1.165, 1.54) is 11.1 Å². The normalized spacial score (nSPS) is 33.6. The van der Waals surface area contributed by atoms with Crippen molar-refractivity contribution in [2.24, 2.45) is 17.3 Å². The summed E-state index contributed by atoms with van der Waals surface area (Å²) in [6.07, 6.45) is 9.13.